The number of aromatic carboxylic acids is 1. The van der Waals surface area contributed by atoms with Gasteiger partial charge in [0.1, 0.15) is 0 Å². The van der Waals surface area contributed by atoms with Crippen LogP contribution in [0, 0.1) is 5.92 Å². The second-order valence-corrected chi connectivity index (χ2v) is 5.03. The number of ether oxygens (including phenoxy) is 2. The van der Waals surface area contributed by atoms with Gasteiger partial charge in [-0.15, -0.1) is 0 Å². The van der Waals surface area contributed by atoms with Crippen LogP contribution in [0.2, 0.25) is 0 Å². The molecule has 0 aliphatic heterocycles. The van der Waals surface area contributed by atoms with E-state index in [4.69, 9.17) is 9.47 Å². The van der Waals surface area contributed by atoms with Crippen molar-refractivity contribution >= 4 is 17.6 Å². The van der Waals surface area contributed by atoms with Gasteiger partial charge in [-0.3, -0.25) is 4.79 Å². The van der Waals surface area contributed by atoms with Crippen molar-refractivity contribution in [2.75, 3.05) is 19.5 Å². The molecule has 1 aromatic carbocycles. The number of carboxylic acids is 1. The number of nitrogens with one attached hydrogen (secondary N) is 1. The van der Waals surface area contributed by atoms with Gasteiger partial charge in [-0.2, -0.15) is 0 Å². The van der Waals surface area contributed by atoms with Crippen LogP contribution in [0.15, 0.2) is 12.1 Å². The fourth-order valence-corrected chi connectivity index (χ4v) is 2.58. The van der Waals surface area contributed by atoms with Crippen molar-refractivity contribution in [1.29, 1.82) is 0 Å². The van der Waals surface area contributed by atoms with Crippen molar-refractivity contribution in [1.82, 2.24) is 0 Å². The molecule has 21 heavy (non-hydrogen) atoms. The van der Waals surface area contributed by atoms with E-state index in [2.05, 4.69) is 5.32 Å². The SMILES string of the molecule is COc1cc(NC(=O)C2CCCC2)c(C(=O)O)cc1OC. The molecule has 0 bridgehead atoms. The number of methoxy groups -OCH3 is 2. The summed E-state index contributed by atoms with van der Waals surface area (Å²) >= 11 is 0. The number of carboxylic acid groups (broad SMARTS) is 1. The maximum atomic E-state index is 12.2. The minimum absolute atomic E-state index is 0.0148. The number of benzene rings is 1. The highest BCUT2D eigenvalue weighted by Crippen LogP contribution is 2.34. The number of hydrogen-bond donors (Lipinski definition) is 2. The largest absolute Gasteiger partial charge is 0.493 e. The smallest absolute Gasteiger partial charge is 0.337 e. The van der Waals surface area contributed by atoms with Gasteiger partial charge >= 0.3 is 5.97 Å². The third-order valence-corrected chi connectivity index (χ3v) is 3.74. The summed E-state index contributed by atoms with van der Waals surface area (Å²) in [6.45, 7) is 0. The summed E-state index contributed by atoms with van der Waals surface area (Å²) < 4.78 is 10.2. The van der Waals surface area contributed by atoms with Gasteiger partial charge in [0.15, 0.2) is 11.5 Å². The van der Waals surface area contributed by atoms with Gasteiger partial charge in [0.25, 0.3) is 0 Å². The van der Waals surface area contributed by atoms with Crippen LogP contribution in [0.4, 0.5) is 5.69 Å². The van der Waals surface area contributed by atoms with Crippen LogP contribution in [0.3, 0.4) is 0 Å². The Hall–Kier alpha value is -2.24. The zero-order valence-corrected chi connectivity index (χ0v) is 12.1. The van der Waals surface area contributed by atoms with E-state index in [0.29, 0.717) is 11.5 Å². The van der Waals surface area contributed by atoms with Crippen LogP contribution in [0.5, 0.6) is 11.5 Å². The van der Waals surface area contributed by atoms with Gasteiger partial charge in [-0.1, -0.05) is 12.8 Å². The molecule has 1 aromatic rings. The number of anilines is 1. The standard InChI is InChI=1S/C15H19NO5/c1-20-12-7-10(15(18)19)11(8-13(12)21-2)16-14(17)9-5-3-4-6-9/h7-9H,3-6H2,1-2H3,(H,16,17)(H,18,19). The Labute approximate surface area is 123 Å². The number of amides is 1. The second kappa shape index (κ2) is 6.47. The molecule has 6 nitrogen and oxygen atoms in total. The quantitative estimate of drug-likeness (QED) is 0.871. The van der Waals surface area contributed by atoms with E-state index in [1.54, 1.807) is 0 Å². The Morgan fingerprint density at radius 2 is 1.71 bits per heavy atom. The van der Waals surface area contributed by atoms with Crippen molar-refractivity contribution in [3.8, 4) is 11.5 Å². The molecule has 114 valence electrons. The summed E-state index contributed by atoms with van der Waals surface area (Å²) in [7, 11) is 2.89. The lowest BCUT2D eigenvalue weighted by molar-refractivity contribution is -0.119. The predicted octanol–water partition coefficient (Wildman–Crippen LogP) is 2.53. The van der Waals surface area contributed by atoms with Gasteiger partial charge < -0.3 is 19.9 Å². The van der Waals surface area contributed by atoms with Crippen molar-refractivity contribution in [3.05, 3.63) is 17.7 Å². The van der Waals surface area contributed by atoms with E-state index in [0.717, 1.165) is 25.7 Å². The highest BCUT2D eigenvalue weighted by molar-refractivity contribution is 6.02. The van der Waals surface area contributed by atoms with Crippen LogP contribution in [-0.4, -0.2) is 31.2 Å². The fourth-order valence-electron chi connectivity index (χ4n) is 2.58. The number of hydrogen-bond acceptors (Lipinski definition) is 4. The van der Waals surface area contributed by atoms with Crippen molar-refractivity contribution in [3.63, 3.8) is 0 Å². The van der Waals surface area contributed by atoms with Crippen molar-refractivity contribution in [2.45, 2.75) is 25.7 Å². The van der Waals surface area contributed by atoms with Crippen LogP contribution >= 0.6 is 0 Å². The molecule has 6 heteroatoms. The number of rotatable bonds is 5. The lowest BCUT2D eigenvalue weighted by Gasteiger charge is -2.15. The fraction of sp³-hybridized carbons (Fsp3) is 0.467. The molecule has 2 rings (SSSR count). The molecular weight excluding hydrogens is 274 g/mol. The van der Waals surface area contributed by atoms with Gasteiger partial charge in [-0.05, 0) is 12.8 Å². The summed E-state index contributed by atoms with van der Waals surface area (Å²) in [5.74, 6) is -0.613. The summed E-state index contributed by atoms with van der Waals surface area (Å²) in [6, 6.07) is 2.83. The summed E-state index contributed by atoms with van der Waals surface area (Å²) in [5.41, 5.74) is 0.219. The van der Waals surface area contributed by atoms with Crippen LogP contribution in [0.25, 0.3) is 0 Å². The van der Waals surface area contributed by atoms with E-state index in [-0.39, 0.29) is 23.1 Å². The molecular formula is C15H19NO5. The summed E-state index contributed by atoms with van der Waals surface area (Å²) in [4.78, 5) is 23.5. The van der Waals surface area contributed by atoms with Gasteiger partial charge in [0.05, 0.1) is 25.5 Å². The maximum Gasteiger partial charge on any atom is 0.337 e. The van der Waals surface area contributed by atoms with Crippen LogP contribution < -0.4 is 14.8 Å². The minimum atomic E-state index is -1.13. The Morgan fingerprint density at radius 1 is 1.14 bits per heavy atom. The number of carbonyl (C=O) groups excluding carboxylic acids is 1. The lowest BCUT2D eigenvalue weighted by Crippen LogP contribution is -2.21. The third-order valence-electron chi connectivity index (χ3n) is 3.74. The van der Waals surface area contributed by atoms with E-state index < -0.39 is 5.97 Å². The van der Waals surface area contributed by atoms with E-state index >= 15 is 0 Å². The lowest BCUT2D eigenvalue weighted by atomic mass is 10.1. The molecule has 0 aromatic heterocycles. The first-order chi connectivity index (χ1) is 10.1. The molecule has 0 radical (unpaired) electrons. The first-order valence-electron chi connectivity index (χ1n) is 6.87. The molecule has 1 amide bonds. The van der Waals surface area contributed by atoms with Crippen molar-refractivity contribution in [2.24, 2.45) is 5.92 Å². The normalized spacial score (nSPS) is 14.8. The number of carbonyl (C=O) groups is 2. The van der Waals surface area contributed by atoms with Gasteiger partial charge in [0.2, 0.25) is 5.91 Å². The van der Waals surface area contributed by atoms with E-state index in [1.807, 2.05) is 0 Å². The third kappa shape index (κ3) is 3.26. The van der Waals surface area contributed by atoms with Crippen molar-refractivity contribution < 1.29 is 24.2 Å². The van der Waals surface area contributed by atoms with E-state index in [1.165, 1.54) is 26.4 Å². The molecule has 2 N–H and O–H groups in total. The zero-order valence-electron chi connectivity index (χ0n) is 12.1. The zero-order chi connectivity index (χ0) is 15.4. The first kappa shape index (κ1) is 15.2. The molecule has 0 spiro atoms. The molecule has 0 heterocycles. The highest BCUT2D eigenvalue weighted by atomic mass is 16.5. The molecule has 0 atom stereocenters. The Kier molecular flexibility index (Phi) is 4.67. The monoisotopic (exact) mass is 293 g/mol. The first-order valence-corrected chi connectivity index (χ1v) is 6.87. The Balaban J connectivity index is 2.31. The summed E-state index contributed by atoms with van der Waals surface area (Å²) in [5, 5.41) is 12.0. The van der Waals surface area contributed by atoms with Crippen LogP contribution in [0.1, 0.15) is 36.0 Å². The minimum Gasteiger partial charge on any atom is -0.493 e. The van der Waals surface area contributed by atoms with Crippen LogP contribution in [-0.2, 0) is 4.79 Å². The topological polar surface area (TPSA) is 84.9 Å². The molecule has 1 saturated carbocycles. The maximum absolute atomic E-state index is 12.2. The molecule has 1 fully saturated rings. The predicted molar refractivity (Wildman–Crippen MR) is 77.1 cm³/mol. The molecule has 1 aliphatic rings. The Bertz CT molecular complexity index is 549. The molecule has 1 aliphatic carbocycles. The van der Waals surface area contributed by atoms with Gasteiger partial charge in [0, 0.05) is 18.1 Å². The molecule has 0 unspecified atom stereocenters. The van der Waals surface area contributed by atoms with E-state index in [9.17, 15) is 14.7 Å². The average molecular weight is 293 g/mol. The Morgan fingerprint density at radius 3 is 2.24 bits per heavy atom. The second-order valence-electron chi connectivity index (χ2n) is 5.03. The molecule has 0 saturated heterocycles. The average Bonchev–Trinajstić information content (AvgIpc) is 3.00. The highest BCUT2D eigenvalue weighted by Gasteiger charge is 2.25. The van der Waals surface area contributed by atoms with Gasteiger partial charge in [-0.25, -0.2) is 4.79 Å². The summed E-state index contributed by atoms with van der Waals surface area (Å²) in [6.07, 6.45) is 3.77.